The van der Waals surface area contributed by atoms with Crippen molar-refractivity contribution in [2.75, 3.05) is 14.1 Å². The molecule has 0 aliphatic heterocycles. The van der Waals surface area contributed by atoms with Gasteiger partial charge in [-0.25, -0.2) is 18.6 Å². The van der Waals surface area contributed by atoms with E-state index in [1.165, 1.54) is 32.8 Å². The smallest absolute Gasteiger partial charge is 0.305 e. The van der Waals surface area contributed by atoms with E-state index in [9.17, 15) is 0 Å². The Morgan fingerprint density at radius 1 is 0.824 bits per heavy atom. The molecule has 34 heavy (non-hydrogen) atoms. The molecule has 0 aliphatic rings. The summed E-state index contributed by atoms with van der Waals surface area (Å²) in [7, 11) is -0.906. The Balaban J connectivity index is 0.000000280. The summed E-state index contributed by atoms with van der Waals surface area (Å²) in [6.07, 6.45) is 0. The number of fused-ring (bicyclic) bond motifs is 1. The van der Waals surface area contributed by atoms with Crippen LogP contribution in [0.5, 0.6) is 0 Å². The molecule has 0 unspecified atom stereocenters. The van der Waals surface area contributed by atoms with Crippen molar-refractivity contribution in [1.82, 2.24) is 4.90 Å². The third-order valence-electron chi connectivity index (χ3n) is 5.27. The van der Waals surface area contributed by atoms with Gasteiger partial charge < -0.3 is 4.90 Å². The van der Waals surface area contributed by atoms with Gasteiger partial charge in [0.2, 0.25) is 0 Å². The maximum Gasteiger partial charge on any atom is 2.00 e. The van der Waals surface area contributed by atoms with E-state index in [1.54, 1.807) is 0 Å². The third kappa shape index (κ3) is 10.4. The summed E-state index contributed by atoms with van der Waals surface area (Å²) in [6, 6.07) is 27.2. The van der Waals surface area contributed by atoms with E-state index in [4.69, 9.17) is 18.6 Å². The Hall–Kier alpha value is -1.55. The number of nitrogens with zero attached hydrogens (tertiary/aromatic N) is 1. The van der Waals surface area contributed by atoms with E-state index in [2.05, 4.69) is 124 Å². The number of rotatable bonds is 3. The van der Waals surface area contributed by atoms with Gasteiger partial charge in [-0.2, -0.15) is 18.2 Å². The quantitative estimate of drug-likeness (QED) is 0.270. The van der Waals surface area contributed by atoms with Gasteiger partial charge in [0.25, 0.3) is 0 Å². The van der Waals surface area contributed by atoms with E-state index in [1.807, 2.05) is 0 Å². The predicted molar refractivity (Wildman–Crippen MR) is 125 cm³/mol. The van der Waals surface area contributed by atoms with Gasteiger partial charge in [-0.05, 0) is 62.9 Å². The first-order valence-corrected chi connectivity index (χ1v) is 13.1. The molecule has 8 heteroatoms. The second-order valence-electron chi connectivity index (χ2n) is 7.90. The number of benzene rings is 3. The van der Waals surface area contributed by atoms with Gasteiger partial charge in [-0.1, -0.05) is 56.1 Å². The Bertz CT molecular complexity index is 1120. The maximum atomic E-state index is 8.49. The molecule has 0 N–H and O–H groups in total. The summed E-state index contributed by atoms with van der Waals surface area (Å²) in [5.74, 6) is 4.78. The zero-order valence-corrected chi connectivity index (χ0v) is 23.0. The van der Waals surface area contributed by atoms with Crippen LogP contribution >= 0.6 is 7.53 Å². The minimum atomic E-state index is -4.94. The van der Waals surface area contributed by atoms with E-state index >= 15 is 0 Å². The van der Waals surface area contributed by atoms with Crippen molar-refractivity contribution in [3.8, 4) is 5.30 Å². The Morgan fingerprint density at radius 2 is 1.29 bits per heavy atom. The normalized spacial score (nSPS) is 11.6. The molecule has 0 aliphatic carbocycles. The van der Waals surface area contributed by atoms with Gasteiger partial charge in [0, 0.05) is 6.04 Å². The SMILES string of the molecule is C[C@@H](c1[c-]cc2ccccc2c1)N(C)C.Cc1cp(-c2ccccc2)cc1C.[O-][Cl+3]([O-])([O-])[O-].[Pd+2]. The van der Waals surface area contributed by atoms with Crippen molar-refractivity contribution in [1.29, 1.82) is 0 Å². The molecule has 1 heterocycles. The van der Waals surface area contributed by atoms with Crippen LogP contribution in [0.4, 0.5) is 0 Å². The Kier molecular flexibility index (Phi) is 12.7. The van der Waals surface area contributed by atoms with Crippen molar-refractivity contribution in [3.05, 3.63) is 101 Å². The fraction of sp³-hybridized carbons (Fsp3) is 0.231. The van der Waals surface area contributed by atoms with Gasteiger partial charge in [0.15, 0.2) is 0 Å². The minimum Gasteiger partial charge on any atom is -0.305 e. The summed E-state index contributed by atoms with van der Waals surface area (Å²) in [4.78, 5) is 2.20. The van der Waals surface area contributed by atoms with Crippen LogP contribution in [0.1, 0.15) is 29.7 Å². The molecule has 3 aromatic carbocycles. The largest absolute Gasteiger partial charge is 2.00 e. The number of hydrogen-bond donors (Lipinski definition) is 0. The van der Waals surface area contributed by atoms with Gasteiger partial charge in [-0.3, -0.25) is 0 Å². The van der Waals surface area contributed by atoms with Crippen LogP contribution in [0.3, 0.4) is 0 Å². The molecule has 0 spiro atoms. The molecule has 1 atom stereocenters. The van der Waals surface area contributed by atoms with Crippen LogP contribution in [0, 0.1) is 30.2 Å². The first kappa shape index (κ1) is 30.5. The van der Waals surface area contributed by atoms with Crippen LogP contribution in [-0.4, -0.2) is 19.0 Å². The molecule has 1 aromatic heterocycles. The average molecular weight is 592 g/mol. The first-order valence-electron chi connectivity index (χ1n) is 10.3. The molecular formula is C26H29ClNO4PPd. The number of aryl methyl sites for hydroxylation is 2. The fourth-order valence-electron chi connectivity index (χ4n) is 3.07. The van der Waals surface area contributed by atoms with Crippen molar-refractivity contribution in [2.24, 2.45) is 0 Å². The minimum absolute atomic E-state index is 0. The zero-order chi connectivity index (χ0) is 24.6. The summed E-state index contributed by atoms with van der Waals surface area (Å²) in [5.41, 5.74) is 4.13. The molecule has 0 radical (unpaired) electrons. The van der Waals surface area contributed by atoms with Crippen LogP contribution in [0.25, 0.3) is 16.1 Å². The average Bonchev–Trinajstić information content (AvgIpc) is 3.11. The zero-order valence-electron chi connectivity index (χ0n) is 19.8. The molecule has 5 nitrogen and oxygen atoms in total. The van der Waals surface area contributed by atoms with Gasteiger partial charge in [-0.15, -0.1) is 32.6 Å². The maximum absolute atomic E-state index is 8.49. The second kappa shape index (κ2) is 14.1. The molecule has 0 amide bonds. The topological polar surface area (TPSA) is 95.5 Å². The molecule has 184 valence electrons. The molecule has 0 saturated carbocycles. The van der Waals surface area contributed by atoms with Crippen molar-refractivity contribution >= 4 is 18.3 Å². The summed E-state index contributed by atoms with van der Waals surface area (Å²) >= 11 is 0. The molecule has 4 aromatic rings. The Morgan fingerprint density at radius 3 is 1.79 bits per heavy atom. The predicted octanol–water partition coefficient (Wildman–Crippen LogP) is 2.78. The molecule has 4 rings (SSSR count). The summed E-state index contributed by atoms with van der Waals surface area (Å²) < 4.78 is 34.0. The van der Waals surface area contributed by atoms with E-state index in [0.29, 0.717) is 6.04 Å². The fourth-order valence-corrected chi connectivity index (χ4v) is 5.20. The molecule has 0 fully saturated rings. The summed E-state index contributed by atoms with van der Waals surface area (Å²) in [6.45, 7) is 6.58. The van der Waals surface area contributed by atoms with Gasteiger partial charge in [0.05, 0.1) is 0 Å². The molecule has 0 bridgehead atoms. The van der Waals surface area contributed by atoms with Crippen molar-refractivity contribution in [2.45, 2.75) is 26.8 Å². The van der Waals surface area contributed by atoms with Crippen LogP contribution in [0.15, 0.2) is 78.3 Å². The van der Waals surface area contributed by atoms with Crippen LogP contribution in [-0.2, 0) is 20.4 Å². The van der Waals surface area contributed by atoms with Crippen LogP contribution in [0.2, 0.25) is 0 Å². The van der Waals surface area contributed by atoms with Gasteiger partial charge in [0.1, 0.15) is 0 Å². The number of hydrogen-bond acceptors (Lipinski definition) is 5. The van der Waals surface area contributed by atoms with E-state index in [-0.39, 0.29) is 28.0 Å². The van der Waals surface area contributed by atoms with Gasteiger partial charge >= 0.3 is 20.4 Å². The van der Waals surface area contributed by atoms with Crippen molar-refractivity contribution in [3.63, 3.8) is 0 Å². The first-order chi connectivity index (χ1) is 15.5. The Labute approximate surface area is 219 Å². The van der Waals surface area contributed by atoms with E-state index in [0.717, 1.165) is 0 Å². The van der Waals surface area contributed by atoms with E-state index < -0.39 is 10.2 Å². The number of halogens is 1. The third-order valence-corrected chi connectivity index (χ3v) is 7.49. The molecule has 0 saturated heterocycles. The summed E-state index contributed by atoms with van der Waals surface area (Å²) in [5, 5.41) is 4.00. The second-order valence-corrected chi connectivity index (χ2v) is 10.5. The van der Waals surface area contributed by atoms with Crippen LogP contribution < -0.4 is 18.6 Å². The molecular weight excluding hydrogens is 563 g/mol. The monoisotopic (exact) mass is 591 g/mol. The van der Waals surface area contributed by atoms with Crippen molar-refractivity contribution < 1.29 is 49.3 Å². The standard InChI is InChI=1S/C14H16N.C12H13P.ClHO4.Pd/c1-11(15(2)3)13-9-8-12-6-4-5-7-14(12)10-13;1-10-8-13(9-11(10)2)12-6-4-3-5-7-12;2-1(3,4)5;/h4-8,10-11H,1-3H3;3-9H,1-2H3;(H,2,3,4,5);/q-1;;;+2/p-1/t11-;;;/m0.../s1.